The summed E-state index contributed by atoms with van der Waals surface area (Å²) in [5.74, 6) is 0. The number of benzene rings is 1. The highest BCUT2D eigenvalue weighted by atomic mass is 32.2. The Hall–Kier alpha value is -0.470. The molecule has 0 heterocycles. The highest BCUT2D eigenvalue weighted by Gasteiger charge is 2.15. The van der Waals surface area contributed by atoms with Crippen molar-refractivity contribution in [2.75, 3.05) is 12.8 Å². The molecule has 1 aromatic rings. The molecule has 0 fully saturated rings. The first kappa shape index (κ1) is 14.6. The predicted molar refractivity (Wildman–Crippen MR) is 80.0 cm³/mol. The second-order valence-corrected chi connectivity index (χ2v) is 6.96. The zero-order chi connectivity index (χ0) is 13.1. The smallest absolute Gasteiger partial charge is 0.0225 e. The van der Waals surface area contributed by atoms with Crippen molar-refractivity contribution in [3.8, 4) is 0 Å². The highest BCUT2D eigenvalue weighted by Crippen LogP contribution is 2.20. The lowest BCUT2D eigenvalue weighted by Gasteiger charge is -2.23. The molecule has 0 amide bonds. The summed E-state index contributed by atoms with van der Waals surface area (Å²) in [6.07, 6.45) is 2.17. The van der Waals surface area contributed by atoms with E-state index in [0.29, 0.717) is 4.75 Å². The van der Waals surface area contributed by atoms with Gasteiger partial charge in [0.15, 0.2) is 0 Å². The van der Waals surface area contributed by atoms with Crippen LogP contribution in [0.15, 0.2) is 12.1 Å². The molecule has 0 radical (unpaired) electrons. The molecule has 0 spiro atoms. The van der Waals surface area contributed by atoms with Gasteiger partial charge in [-0.05, 0) is 57.6 Å². The lowest BCUT2D eigenvalue weighted by Crippen LogP contribution is -2.31. The number of hydrogen-bond donors (Lipinski definition) is 1. The maximum absolute atomic E-state index is 3.57. The van der Waals surface area contributed by atoms with E-state index >= 15 is 0 Å². The molecule has 0 aliphatic carbocycles. The molecular weight excluding hydrogens is 226 g/mol. The lowest BCUT2D eigenvalue weighted by molar-refractivity contribution is 0.589. The van der Waals surface area contributed by atoms with Gasteiger partial charge in [0.05, 0.1) is 0 Å². The van der Waals surface area contributed by atoms with Gasteiger partial charge in [-0.25, -0.2) is 0 Å². The summed E-state index contributed by atoms with van der Waals surface area (Å²) in [4.78, 5) is 0. The molecule has 1 rings (SSSR count). The maximum Gasteiger partial charge on any atom is 0.0225 e. The van der Waals surface area contributed by atoms with Crippen LogP contribution in [0, 0.1) is 20.8 Å². The minimum absolute atomic E-state index is 0.312. The second-order valence-electron chi connectivity index (χ2n) is 5.44. The summed E-state index contributed by atoms with van der Waals surface area (Å²) in [5, 5.41) is 3.57. The van der Waals surface area contributed by atoms with Crippen LogP contribution in [0.1, 0.15) is 36.1 Å². The van der Waals surface area contributed by atoms with Gasteiger partial charge in [-0.3, -0.25) is 0 Å². The van der Waals surface area contributed by atoms with Crippen LogP contribution in [-0.4, -0.2) is 17.5 Å². The van der Waals surface area contributed by atoms with E-state index in [0.717, 1.165) is 13.1 Å². The molecule has 1 N–H and O–H groups in total. The quantitative estimate of drug-likeness (QED) is 0.853. The standard InChI is InChI=1S/C15H25NS/c1-11-7-12(2)14(13(3)8-11)9-16-10-15(4,5)17-6/h7-8,16H,9-10H2,1-6H3. The largest absolute Gasteiger partial charge is 0.311 e. The van der Waals surface area contributed by atoms with E-state index in [1.165, 1.54) is 22.3 Å². The molecule has 0 aromatic heterocycles. The monoisotopic (exact) mass is 251 g/mol. The molecule has 17 heavy (non-hydrogen) atoms. The normalized spacial score (nSPS) is 11.9. The molecule has 0 atom stereocenters. The molecule has 0 saturated heterocycles. The van der Waals surface area contributed by atoms with Gasteiger partial charge in [-0.15, -0.1) is 0 Å². The van der Waals surface area contributed by atoms with Gasteiger partial charge in [0, 0.05) is 17.8 Å². The Bertz CT molecular complexity index is 360. The first-order chi connectivity index (χ1) is 7.85. The Morgan fingerprint density at radius 3 is 2.12 bits per heavy atom. The van der Waals surface area contributed by atoms with Crippen LogP contribution in [0.4, 0.5) is 0 Å². The Morgan fingerprint density at radius 2 is 1.65 bits per heavy atom. The second kappa shape index (κ2) is 5.92. The van der Waals surface area contributed by atoms with Gasteiger partial charge in [0.1, 0.15) is 0 Å². The first-order valence-electron chi connectivity index (χ1n) is 6.18. The van der Waals surface area contributed by atoms with Crippen molar-refractivity contribution >= 4 is 11.8 Å². The van der Waals surface area contributed by atoms with Crippen LogP contribution in [-0.2, 0) is 6.54 Å². The molecule has 96 valence electrons. The molecule has 1 aromatic carbocycles. The number of hydrogen-bond acceptors (Lipinski definition) is 2. The molecule has 0 saturated carbocycles. The molecule has 0 aliphatic rings. The third-order valence-electron chi connectivity index (χ3n) is 3.25. The van der Waals surface area contributed by atoms with Crippen molar-refractivity contribution in [3.05, 3.63) is 34.4 Å². The number of rotatable bonds is 5. The van der Waals surface area contributed by atoms with E-state index in [-0.39, 0.29) is 0 Å². The zero-order valence-corrected chi connectivity index (χ0v) is 12.8. The van der Waals surface area contributed by atoms with Crippen molar-refractivity contribution in [2.45, 2.75) is 45.9 Å². The fourth-order valence-electron chi connectivity index (χ4n) is 2.05. The Kier molecular flexibility index (Phi) is 5.08. The van der Waals surface area contributed by atoms with E-state index in [1.54, 1.807) is 0 Å². The Balaban J connectivity index is 2.64. The number of thioether (sulfide) groups is 1. The summed E-state index contributed by atoms with van der Waals surface area (Å²) in [5.41, 5.74) is 5.61. The zero-order valence-electron chi connectivity index (χ0n) is 12.0. The maximum atomic E-state index is 3.57. The Labute approximate surface area is 110 Å². The lowest BCUT2D eigenvalue weighted by atomic mass is 10.00. The van der Waals surface area contributed by atoms with Crippen molar-refractivity contribution < 1.29 is 0 Å². The fourth-order valence-corrected chi connectivity index (χ4v) is 2.30. The average Bonchev–Trinajstić information content (AvgIpc) is 2.22. The molecule has 0 unspecified atom stereocenters. The fraction of sp³-hybridized carbons (Fsp3) is 0.600. The van der Waals surface area contributed by atoms with E-state index in [9.17, 15) is 0 Å². The van der Waals surface area contributed by atoms with Crippen molar-refractivity contribution in [3.63, 3.8) is 0 Å². The first-order valence-corrected chi connectivity index (χ1v) is 7.41. The van der Waals surface area contributed by atoms with Crippen LogP contribution < -0.4 is 5.32 Å². The third kappa shape index (κ3) is 4.36. The summed E-state index contributed by atoms with van der Waals surface area (Å²) in [7, 11) is 0. The van der Waals surface area contributed by atoms with Gasteiger partial charge < -0.3 is 5.32 Å². The van der Waals surface area contributed by atoms with Crippen LogP contribution in [0.2, 0.25) is 0 Å². The summed E-state index contributed by atoms with van der Waals surface area (Å²) < 4.78 is 0.312. The van der Waals surface area contributed by atoms with E-state index in [1.807, 2.05) is 11.8 Å². The molecular formula is C15H25NS. The van der Waals surface area contributed by atoms with Crippen molar-refractivity contribution in [2.24, 2.45) is 0 Å². The molecule has 0 aliphatic heterocycles. The van der Waals surface area contributed by atoms with Crippen molar-refractivity contribution in [1.29, 1.82) is 0 Å². The average molecular weight is 251 g/mol. The van der Waals surface area contributed by atoms with Crippen LogP contribution in [0.5, 0.6) is 0 Å². The Morgan fingerprint density at radius 1 is 1.12 bits per heavy atom. The SMILES string of the molecule is CSC(C)(C)CNCc1c(C)cc(C)cc1C. The van der Waals surface area contributed by atoms with E-state index < -0.39 is 0 Å². The van der Waals surface area contributed by atoms with Gasteiger partial charge in [-0.1, -0.05) is 17.7 Å². The van der Waals surface area contributed by atoms with Crippen molar-refractivity contribution in [1.82, 2.24) is 5.32 Å². The minimum Gasteiger partial charge on any atom is -0.311 e. The molecule has 0 bridgehead atoms. The van der Waals surface area contributed by atoms with Gasteiger partial charge in [-0.2, -0.15) is 11.8 Å². The predicted octanol–water partition coefficient (Wildman–Crippen LogP) is 3.84. The van der Waals surface area contributed by atoms with Gasteiger partial charge in [0.2, 0.25) is 0 Å². The van der Waals surface area contributed by atoms with Crippen LogP contribution in [0.25, 0.3) is 0 Å². The molecule has 2 heteroatoms. The molecule has 1 nitrogen and oxygen atoms in total. The minimum atomic E-state index is 0.312. The highest BCUT2D eigenvalue weighted by molar-refractivity contribution is 7.99. The number of aryl methyl sites for hydroxylation is 3. The van der Waals surface area contributed by atoms with Crippen LogP contribution in [0.3, 0.4) is 0 Å². The summed E-state index contributed by atoms with van der Waals surface area (Å²) in [6, 6.07) is 4.54. The summed E-state index contributed by atoms with van der Waals surface area (Å²) in [6.45, 7) is 13.1. The van der Waals surface area contributed by atoms with E-state index in [2.05, 4.69) is 58.3 Å². The van der Waals surface area contributed by atoms with Gasteiger partial charge in [0.25, 0.3) is 0 Å². The third-order valence-corrected chi connectivity index (χ3v) is 4.49. The van der Waals surface area contributed by atoms with Gasteiger partial charge >= 0.3 is 0 Å². The van der Waals surface area contributed by atoms with Crippen LogP contribution >= 0.6 is 11.8 Å². The number of nitrogens with one attached hydrogen (secondary N) is 1. The van der Waals surface area contributed by atoms with E-state index in [4.69, 9.17) is 0 Å². The topological polar surface area (TPSA) is 12.0 Å². The summed E-state index contributed by atoms with van der Waals surface area (Å²) >= 11 is 1.91.